The minimum Gasteiger partial charge on any atom is -0.392 e. The lowest BCUT2D eigenvalue weighted by Gasteiger charge is -2.36. The number of carbonyl (C=O) groups excluding carboxylic acids is 1. The number of carbonyl (C=O) groups is 1. The molecule has 2 atom stereocenters. The maximum atomic E-state index is 12.5. The molecule has 7 heteroatoms. The molecule has 3 heterocycles. The molecule has 0 aromatic carbocycles. The Labute approximate surface area is 143 Å². The third-order valence-corrected chi connectivity index (χ3v) is 4.70. The van der Waals surface area contributed by atoms with Crippen LogP contribution in [0.3, 0.4) is 0 Å². The monoisotopic (exact) mass is 333 g/mol. The van der Waals surface area contributed by atoms with Gasteiger partial charge in [0, 0.05) is 50.4 Å². The van der Waals surface area contributed by atoms with Gasteiger partial charge in [-0.1, -0.05) is 13.8 Å². The van der Waals surface area contributed by atoms with E-state index in [0.717, 1.165) is 30.4 Å². The highest BCUT2D eigenvalue weighted by molar-refractivity contribution is 5.82. The van der Waals surface area contributed by atoms with Gasteiger partial charge in [-0.2, -0.15) is 0 Å². The standard InChI is InChI=1S/C17H27N5O2/c1-11(2)16-19-12(3)8-15(20-16)21-4-6-22(7-5-21)17(24)14-9-13(23)10-18-14/h8,11,13-14,18,23H,4-7,9-10H2,1-3H3. The molecule has 0 bridgehead atoms. The maximum Gasteiger partial charge on any atom is 0.239 e. The number of hydrogen-bond acceptors (Lipinski definition) is 6. The van der Waals surface area contributed by atoms with Crippen LogP contribution in [0.1, 0.15) is 37.7 Å². The van der Waals surface area contributed by atoms with Crippen LogP contribution in [0.4, 0.5) is 5.82 Å². The van der Waals surface area contributed by atoms with E-state index in [0.29, 0.717) is 32.0 Å². The van der Waals surface area contributed by atoms with Gasteiger partial charge in [-0.15, -0.1) is 0 Å². The predicted octanol–water partition coefficient (Wildman–Crippen LogP) is 0.280. The molecule has 0 spiro atoms. The Balaban J connectivity index is 1.62. The molecule has 7 nitrogen and oxygen atoms in total. The molecule has 3 rings (SSSR count). The number of anilines is 1. The largest absolute Gasteiger partial charge is 0.392 e. The summed E-state index contributed by atoms with van der Waals surface area (Å²) in [5, 5.41) is 12.7. The molecular formula is C17H27N5O2. The van der Waals surface area contributed by atoms with Crippen LogP contribution in [0.2, 0.25) is 0 Å². The Kier molecular flexibility index (Phi) is 5.01. The molecule has 2 unspecified atom stereocenters. The average Bonchev–Trinajstić information content (AvgIpc) is 3.00. The van der Waals surface area contributed by atoms with E-state index < -0.39 is 6.10 Å². The lowest BCUT2D eigenvalue weighted by Crippen LogP contribution is -2.53. The fourth-order valence-electron chi connectivity index (χ4n) is 3.28. The second-order valence-corrected chi connectivity index (χ2v) is 7.04. The Bertz CT molecular complexity index is 599. The van der Waals surface area contributed by atoms with Crippen molar-refractivity contribution < 1.29 is 9.90 Å². The van der Waals surface area contributed by atoms with Crippen molar-refractivity contribution in [1.29, 1.82) is 0 Å². The summed E-state index contributed by atoms with van der Waals surface area (Å²) in [5.41, 5.74) is 0.978. The molecule has 1 amide bonds. The average molecular weight is 333 g/mol. The summed E-state index contributed by atoms with van der Waals surface area (Å²) >= 11 is 0. The van der Waals surface area contributed by atoms with Crippen LogP contribution in [-0.4, -0.2) is 70.8 Å². The number of amides is 1. The lowest BCUT2D eigenvalue weighted by atomic mass is 10.1. The van der Waals surface area contributed by atoms with Gasteiger partial charge in [0.05, 0.1) is 12.1 Å². The molecule has 24 heavy (non-hydrogen) atoms. The van der Waals surface area contributed by atoms with Gasteiger partial charge < -0.3 is 20.2 Å². The first kappa shape index (κ1) is 17.1. The molecule has 0 aliphatic carbocycles. The quantitative estimate of drug-likeness (QED) is 0.827. The number of aliphatic hydroxyl groups excluding tert-OH is 1. The molecule has 132 valence electrons. The summed E-state index contributed by atoms with van der Waals surface area (Å²) in [4.78, 5) is 25.8. The number of nitrogens with one attached hydrogen (secondary N) is 1. The molecule has 2 aliphatic heterocycles. The number of hydrogen-bond donors (Lipinski definition) is 2. The SMILES string of the molecule is Cc1cc(N2CCN(C(=O)C3CC(O)CN3)CC2)nc(C(C)C)n1. The number of rotatable bonds is 3. The summed E-state index contributed by atoms with van der Waals surface area (Å²) < 4.78 is 0. The molecule has 0 saturated carbocycles. The normalized spacial score (nSPS) is 24.7. The van der Waals surface area contributed by atoms with E-state index in [9.17, 15) is 9.90 Å². The fraction of sp³-hybridized carbons (Fsp3) is 0.706. The number of piperazine rings is 1. The van der Waals surface area contributed by atoms with Crippen LogP contribution in [0, 0.1) is 6.92 Å². The highest BCUT2D eigenvalue weighted by Crippen LogP contribution is 2.19. The van der Waals surface area contributed by atoms with Crippen molar-refractivity contribution in [1.82, 2.24) is 20.2 Å². The van der Waals surface area contributed by atoms with Crippen LogP contribution in [0.25, 0.3) is 0 Å². The van der Waals surface area contributed by atoms with E-state index in [1.807, 2.05) is 17.9 Å². The van der Waals surface area contributed by atoms with E-state index in [1.54, 1.807) is 0 Å². The zero-order valence-corrected chi connectivity index (χ0v) is 14.7. The van der Waals surface area contributed by atoms with E-state index in [-0.39, 0.29) is 11.9 Å². The Morgan fingerprint density at radius 2 is 2.00 bits per heavy atom. The van der Waals surface area contributed by atoms with E-state index >= 15 is 0 Å². The molecule has 1 aromatic heterocycles. The minimum absolute atomic E-state index is 0.105. The minimum atomic E-state index is -0.404. The molecular weight excluding hydrogens is 306 g/mol. The van der Waals surface area contributed by atoms with Gasteiger partial charge >= 0.3 is 0 Å². The highest BCUT2D eigenvalue weighted by Gasteiger charge is 2.32. The number of nitrogens with zero attached hydrogens (tertiary/aromatic N) is 4. The zero-order chi connectivity index (χ0) is 17.3. The van der Waals surface area contributed by atoms with Gasteiger partial charge in [0.25, 0.3) is 0 Å². The predicted molar refractivity (Wildman–Crippen MR) is 92.1 cm³/mol. The van der Waals surface area contributed by atoms with Gasteiger partial charge in [0.1, 0.15) is 11.6 Å². The smallest absolute Gasteiger partial charge is 0.239 e. The zero-order valence-electron chi connectivity index (χ0n) is 14.7. The Hall–Kier alpha value is -1.73. The van der Waals surface area contributed by atoms with Crippen molar-refractivity contribution in [2.75, 3.05) is 37.6 Å². The van der Waals surface area contributed by atoms with E-state index in [1.165, 1.54) is 0 Å². The second kappa shape index (κ2) is 7.03. The summed E-state index contributed by atoms with van der Waals surface area (Å²) in [6.07, 6.45) is 0.112. The second-order valence-electron chi connectivity index (χ2n) is 7.04. The van der Waals surface area contributed by atoms with E-state index in [4.69, 9.17) is 0 Å². The van der Waals surface area contributed by atoms with Gasteiger partial charge in [-0.3, -0.25) is 4.79 Å². The van der Waals surface area contributed by atoms with Crippen molar-refractivity contribution in [2.24, 2.45) is 0 Å². The van der Waals surface area contributed by atoms with Crippen molar-refractivity contribution in [3.63, 3.8) is 0 Å². The fourth-order valence-corrected chi connectivity index (χ4v) is 3.28. The maximum absolute atomic E-state index is 12.5. The summed E-state index contributed by atoms with van der Waals surface area (Å²) in [6.45, 7) is 9.61. The highest BCUT2D eigenvalue weighted by atomic mass is 16.3. The van der Waals surface area contributed by atoms with Gasteiger partial charge in [-0.05, 0) is 13.3 Å². The van der Waals surface area contributed by atoms with Gasteiger partial charge in [0.15, 0.2) is 0 Å². The Morgan fingerprint density at radius 1 is 1.29 bits per heavy atom. The van der Waals surface area contributed by atoms with Crippen molar-refractivity contribution in [3.05, 3.63) is 17.6 Å². The third kappa shape index (κ3) is 3.67. The molecule has 0 radical (unpaired) electrons. The van der Waals surface area contributed by atoms with Crippen LogP contribution >= 0.6 is 0 Å². The molecule has 2 aliphatic rings. The Morgan fingerprint density at radius 3 is 2.58 bits per heavy atom. The molecule has 2 fully saturated rings. The summed E-state index contributed by atoms with van der Waals surface area (Å²) in [7, 11) is 0. The third-order valence-electron chi connectivity index (χ3n) is 4.70. The van der Waals surface area contributed by atoms with Crippen LogP contribution in [-0.2, 0) is 4.79 Å². The number of aromatic nitrogens is 2. The van der Waals surface area contributed by atoms with Crippen molar-refractivity contribution in [3.8, 4) is 0 Å². The van der Waals surface area contributed by atoms with Gasteiger partial charge in [-0.25, -0.2) is 9.97 Å². The van der Waals surface area contributed by atoms with Gasteiger partial charge in [0.2, 0.25) is 5.91 Å². The number of aryl methyl sites for hydroxylation is 1. The molecule has 2 N–H and O–H groups in total. The molecule has 1 aromatic rings. The topological polar surface area (TPSA) is 81.6 Å². The lowest BCUT2D eigenvalue weighted by molar-refractivity contribution is -0.133. The number of aliphatic hydroxyl groups is 1. The summed E-state index contributed by atoms with van der Waals surface area (Å²) in [6, 6.07) is 1.78. The van der Waals surface area contributed by atoms with Crippen LogP contribution in [0.15, 0.2) is 6.07 Å². The first-order valence-electron chi connectivity index (χ1n) is 8.75. The van der Waals surface area contributed by atoms with Crippen LogP contribution in [0.5, 0.6) is 0 Å². The first-order valence-corrected chi connectivity index (χ1v) is 8.75. The van der Waals surface area contributed by atoms with Crippen LogP contribution < -0.4 is 10.2 Å². The van der Waals surface area contributed by atoms with Crippen molar-refractivity contribution >= 4 is 11.7 Å². The summed E-state index contributed by atoms with van der Waals surface area (Å²) in [5.74, 6) is 2.22. The van der Waals surface area contributed by atoms with E-state index in [2.05, 4.69) is 34.0 Å². The molecule has 2 saturated heterocycles. The number of β-amino-alcohol motifs (C(OH)–C–C–N with tert-alkyl or cyclic N) is 1. The first-order chi connectivity index (χ1) is 11.4. The van der Waals surface area contributed by atoms with Crippen molar-refractivity contribution in [2.45, 2.75) is 45.3 Å².